The van der Waals surface area contributed by atoms with Crippen molar-refractivity contribution < 1.29 is 0 Å². The Morgan fingerprint density at radius 1 is 1.19 bits per heavy atom. The lowest BCUT2D eigenvalue weighted by molar-refractivity contribution is 0.648. The van der Waals surface area contributed by atoms with Crippen molar-refractivity contribution in [3.8, 4) is 0 Å². The van der Waals surface area contributed by atoms with E-state index >= 15 is 0 Å². The van der Waals surface area contributed by atoms with Gasteiger partial charge >= 0.3 is 0 Å². The molecule has 0 saturated heterocycles. The first-order valence-corrected chi connectivity index (χ1v) is 9.53. The Morgan fingerprint density at radius 2 is 2.00 bits per heavy atom. The van der Waals surface area contributed by atoms with Gasteiger partial charge in [0.1, 0.15) is 0 Å². The molecule has 0 aromatic heterocycles. The molecule has 3 nitrogen and oxygen atoms in total. The predicted octanol–water partition coefficient (Wildman–Crippen LogP) is 4.84. The van der Waals surface area contributed by atoms with Crippen LogP contribution in [0, 0.1) is 5.92 Å². The van der Waals surface area contributed by atoms with E-state index in [0.717, 1.165) is 41.2 Å². The molecular formula is C24H25N3. The Bertz CT molecular complexity index is 1010. The van der Waals surface area contributed by atoms with Gasteiger partial charge in [-0.25, -0.2) is 4.99 Å². The summed E-state index contributed by atoms with van der Waals surface area (Å²) in [4.78, 5) is 9.57. The fraction of sp³-hybridized carbons (Fsp3) is 0.250. The number of anilines is 1. The number of benzene rings is 2. The van der Waals surface area contributed by atoms with Crippen LogP contribution in [0.2, 0.25) is 0 Å². The van der Waals surface area contributed by atoms with Gasteiger partial charge in [0, 0.05) is 16.8 Å². The number of aliphatic imine (C=N–C) groups is 2. The van der Waals surface area contributed by atoms with E-state index in [9.17, 15) is 0 Å². The average Bonchev–Trinajstić information content (AvgIpc) is 3.29. The number of hydrogen-bond acceptors (Lipinski definition) is 3. The summed E-state index contributed by atoms with van der Waals surface area (Å²) in [5.74, 6) is 1.41. The minimum Gasteiger partial charge on any atom is -0.398 e. The highest BCUT2D eigenvalue weighted by Gasteiger charge is 2.21. The zero-order valence-corrected chi connectivity index (χ0v) is 16.0. The van der Waals surface area contributed by atoms with Gasteiger partial charge in [0.05, 0.1) is 12.3 Å². The van der Waals surface area contributed by atoms with Crippen molar-refractivity contribution >= 4 is 22.8 Å². The van der Waals surface area contributed by atoms with Gasteiger partial charge in [-0.15, -0.1) is 0 Å². The molecule has 27 heavy (non-hydrogen) atoms. The molecule has 0 radical (unpaired) electrons. The first-order chi connectivity index (χ1) is 13.1. The summed E-state index contributed by atoms with van der Waals surface area (Å²) in [6, 6.07) is 12.6. The Kier molecular flexibility index (Phi) is 4.53. The SMILES string of the molecule is C=CC1=CCc2c1cccc2C1=NCC(c2ccc(CC(C)C)c(N)c2)=N1. The molecule has 1 aliphatic heterocycles. The minimum atomic E-state index is 0.589. The van der Waals surface area contributed by atoms with Crippen LogP contribution >= 0.6 is 0 Å². The van der Waals surface area contributed by atoms with E-state index in [0.29, 0.717) is 12.5 Å². The van der Waals surface area contributed by atoms with Gasteiger partial charge in [0.2, 0.25) is 0 Å². The van der Waals surface area contributed by atoms with Crippen molar-refractivity contribution in [3.63, 3.8) is 0 Å². The van der Waals surface area contributed by atoms with E-state index in [-0.39, 0.29) is 0 Å². The summed E-state index contributed by atoms with van der Waals surface area (Å²) in [5, 5.41) is 0. The molecular weight excluding hydrogens is 330 g/mol. The van der Waals surface area contributed by atoms with Crippen molar-refractivity contribution in [2.24, 2.45) is 15.9 Å². The first-order valence-electron chi connectivity index (χ1n) is 9.53. The molecule has 2 aromatic carbocycles. The maximum absolute atomic E-state index is 6.28. The van der Waals surface area contributed by atoms with Gasteiger partial charge in [0.25, 0.3) is 0 Å². The van der Waals surface area contributed by atoms with E-state index in [2.05, 4.69) is 56.8 Å². The number of allylic oxidation sites excluding steroid dienone is 3. The number of nitrogen functional groups attached to an aromatic ring is 1. The Hall–Kier alpha value is -2.94. The molecule has 0 unspecified atom stereocenters. The van der Waals surface area contributed by atoms with Crippen LogP contribution in [0.5, 0.6) is 0 Å². The van der Waals surface area contributed by atoms with Gasteiger partial charge in [0.15, 0.2) is 5.84 Å². The third kappa shape index (κ3) is 3.25. The van der Waals surface area contributed by atoms with Gasteiger partial charge in [-0.05, 0) is 47.1 Å². The lowest BCUT2D eigenvalue weighted by Crippen LogP contribution is -2.06. The van der Waals surface area contributed by atoms with Gasteiger partial charge in [-0.2, -0.15) is 0 Å². The molecule has 4 rings (SSSR count). The fourth-order valence-corrected chi connectivity index (χ4v) is 3.85. The monoisotopic (exact) mass is 355 g/mol. The molecule has 0 spiro atoms. The van der Waals surface area contributed by atoms with Crippen LogP contribution in [0.4, 0.5) is 5.69 Å². The smallest absolute Gasteiger partial charge is 0.155 e. The highest BCUT2D eigenvalue weighted by atomic mass is 15.0. The van der Waals surface area contributed by atoms with E-state index in [4.69, 9.17) is 15.7 Å². The van der Waals surface area contributed by atoms with E-state index in [1.165, 1.54) is 22.3 Å². The lowest BCUT2D eigenvalue weighted by Gasteiger charge is -2.10. The molecule has 1 heterocycles. The largest absolute Gasteiger partial charge is 0.398 e. The molecule has 0 fully saturated rings. The van der Waals surface area contributed by atoms with E-state index < -0.39 is 0 Å². The van der Waals surface area contributed by atoms with Gasteiger partial charge in [-0.3, -0.25) is 4.99 Å². The molecule has 1 aliphatic carbocycles. The normalized spacial score (nSPS) is 15.4. The number of hydrogen-bond donors (Lipinski definition) is 1. The molecule has 0 bridgehead atoms. The second-order valence-corrected chi connectivity index (χ2v) is 7.61. The fourth-order valence-electron chi connectivity index (χ4n) is 3.85. The van der Waals surface area contributed by atoms with Crippen LogP contribution in [0.15, 0.2) is 65.1 Å². The number of fused-ring (bicyclic) bond motifs is 1. The van der Waals surface area contributed by atoms with E-state index in [1.807, 2.05) is 12.1 Å². The summed E-state index contributed by atoms with van der Waals surface area (Å²) >= 11 is 0. The molecule has 3 heteroatoms. The molecule has 2 aromatic rings. The van der Waals surface area contributed by atoms with Gasteiger partial charge in [-0.1, -0.05) is 62.9 Å². The Balaban J connectivity index is 1.62. The summed E-state index contributed by atoms with van der Waals surface area (Å²) < 4.78 is 0. The first kappa shape index (κ1) is 17.5. The van der Waals surface area contributed by atoms with Crippen LogP contribution < -0.4 is 5.73 Å². The molecule has 2 N–H and O–H groups in total. The average molecular weight is 355 g/mol. The third-order valence-electron chi connectivity index (χ3n) is 5.20. The number of nitrogens with zero attached hydrogens (tertiary/aromatic N) is 2. The minimum absolute atomic E-state index is 0.589. The zero-order valence-electron chi connectivity index (χ0n) is 16.0. The highest BCUT2D eigenvalue weighted by Crippen LogP contribution is 2.31. The maximum Gasteiger partial charge on any atom is 0.155 e. The molecule has 136 valence electrons. The van der Waals surface area contributed by atoms with Crippen molar-refractivity contribution in [2.45, 2.75) is 26.7 Å². The molecule has 0 atom stereocenters. The molecule has 0 amide bonds. The Morgan fingerprint density at radius 3 is 2.74 bits per heavy atom. The maximum atomic E-state index is 6.28. The summed E-state index contributed by atoms with van der Waals surface area (Å²) in [5.41, 5.74) is 15.2. The predicted molar refractivity (Wildman–Crippen MR) is 116 cm³/mol. The second-order valence-electron chi connectivity index (χ2n) is 7.61. The number of amidine groups is 1. The lowest BCUT2D eigenvalue weighted by atomic mass is 9.98. The standard InChI is InChI=1S/C24H25N3/c1-4-16-10-11-20-19(16)6-5-7-21(20)24-26-14-23(27-24)18-9-8-17(12-15(2)3)22(25)13-18/h4-10,13,15H,1,11-12,14,25H2,2-3H3. The van der Waals surface area contributed by atoms with Crippen molar-refractivity contribution in [1.29, 1.82) is 0 Å². The van der Waals surface area contributed by atoms with Gasteiger partial charge < -0.3 is 5.73 Å². The molecule has 0 saturated carbocycles. The van der Waals surface area contributed by atoms with Crippen molar-refractivity contribution in [1.82, 2.24) is 0 Å². The van der Waals surface area contributed by atoms with Crippen LogP contribution in [-0.2, 0) is 12.8 Å². The third-order valence-corrected chi connectivity index (χ3v) is 5.20. The topological polar surface area (TPSA) is 50.7 Å². The van der Waals surface area contributed by atoms with Crippen LogP contribution in [0.25, 0.3) is 5.57 Å². The van der Waals surface area contributed by atoms with Crippen LogP contribution in [0.1, 0.15) is 41.7 Å². The summed E-state index contributed by atoms with van der Waals surface area (Å²) in [7, 11) is 0. The van der Waals surface area contributed by atoms with Crippen molar-refractivity contribution in [2.75, 3.05) is 12.3 Å². The van der Waals surface area contributed by atoms with Crippen LogP contribution in [0.3, 0.4) is 0 Å². The summed E-state index contributed by atoms with van der Waals surface area (Å²) in [6.45, 7) is 8.93. The Labute approximate surface area is 161 Å². The van der Waals surface area contributed by atoms with Crippen LogP contribution in [-0.4, -0.2) is 18.1 Å². The van der Waals surface area contributed by atoms with E-state index in [1.54, 1.807) is 0 Å². The number of rotatable bonds is 5. The highest BCUT2D eigenvalue weighted by molar-refractivity contribution is 6.18. The number of nitrogens with two attached hydrogens (primary N) is 1. The quantitative estimate of drug-likeness (QED) is 0.766. The second kappa shape index (κ2) is 6.99. The molecule has 2 aliphatic rings. The zero-order chi connectivity index (χ0) is 19.0. The van der Waals surface area contributed by atoms with Crippen molar-refractivity contribution in [3.05, 3.63) is 82.9 Å². The summed E-state index contributed by atoms with van der Waals surface area (Å²) in [6.07, 6.45) is 6.04.